The van der Waals surface area contributed by atoms with Gasteiger partial charge in [0.25, 0.3) is 0 Å². The molecule has 2 aromatic heterocycles. The quantitative estimate of drug-likeness (QED) is 0.849. The van der Waals surface area contributed by atoms with Gasteiger partial charge in [0.1, 0.15) is 0 Å². The summed E-state index contributed by atoms with van der Waals surface area (Å²) in [5.41, 5.74) is 1.28. The second-order valence-corrected chi connectivity index (χ2v) is 5.50. The van der Waals surface area contributed by atoms with Crippen LogP contribution in [0.1, 0.15) is 23.7 Å². The van der Waals surface area contributed by atoms with Crippen LogP contribution < -0.4 is 0 Å². The van der Waals surface area contributed by atoms with E-state index in [1.807, 2.05) is 25.4 Å². The van der Waals surface area contributed by atoms with Crippen molar-refractivity contribution in [3.05, 3.63) is 41.8 Å². The Balaban J connectivity index is 1.52. The van der Waals surface area contributed by atoms with Gasteiger partial charge in [-0.15, -0.1) is 0 Å². The molecule has 1 saturated heterocycles. The summed E-state index contributed by atoms with van der Waals surface area (Å²) in [6.45, 7) is 7.88. The molecule has 6 heteroatoms. The zero-order valence-corrected chi connectivity index (χ0v) is 12.4. The normalized spacial score (nSPS) is 17.8. The summed E-state index contributed by atoms with van der Waals surface area (Å²) in [6.07, 6.45) is 4.93. The largest absolute Gasteiger partial charge is 0.340 e. The van der Waals surface area contributed by atoms with Gasteiger partial charge in [0, 0.05) is 39.0 Å². The fraction of sp³-hybridized carbons (Fsp3) is 0.533. The fourth-order valence-electron chi connectivity index (χ4n) is 2.70. The van der Waals surface area contributed by atoms with E-state index in [0.29, 0.717) is 5.89 Å². The van der Waals surface area contributed by atoms with Crippen molar-refractivity contribution in [2.24, 2.45) is 0 Å². The van der Waals surface area contributed by atoms with Crippen molar-refractivity contribution < 1.29 is 4.52 Å². The minimum atomic E-state index is 0.637. The lowest BCUT2D eigenvalue weighted by Crippen LogP contribution is -2.30. The topological polar surface area (TPSA) is 58.3 Å². The molecule has 0 atom stereocenters. The summed E-state index contributed by atoms with van der Waals surface area (Å²) in [5.74, 6) is 1.42. The second kappa shape index (κ2) is 6.78. The van der Waals surface area contributed by atoms with Gasteiger partial charge in [-0.05, 0) is 31.1 Å². The van der Waals surface area contributed by atoms with Crippen LogP contribution in [-0.4, -0.2) is 51.1 Å². The van der Waals surface area contributed by atoms with Crippen LogP contribution in [0.2, 0.25) is 0 Å². The van der Waals surface area contributed by atoms with E-state index in [2.05, 4.69) is 31.0 Å². The molecule has 3 rings (SSSR count). The van der Waals surface area contributed by atoms with E-state index in [4.69, 9.17) is 4.52 Å². The molecule has 0 N–H and O–H groups in total. The monoisotopic (exact) mass is 287 g/mol. The standard InChI is InChI=1S/C15H21N5O/c1-13-17-15(18-21-13)12-20-7-3-6-19(8-9-20)11-14-4-2-5-16-10-14/h2,4-5,10H,3,6-9,11-12H2,1H3. The molecule has 21 heavy (non-hydrogen) atoms. The molecule has 0 radical (unpaired) electrons. The third-order valence-electron chi connectivity index (χ3n) is 3.74. The van der Waals surface area contributed by atoms with E-state index >= 15 is 0 Å². The first-order chi connectivity index (χ1) is 10.3. The predicted octanol–water partition coefficient (Wildman–Crippen LogP) is 1.48. The Hall–Kier alpha value is -1.79. The third-order valence-corrected chi connectivity index (χ3v) is 3.74. The van der Waals surface area contributed by atoms with Crippen molar-refractivity contribution in [3.8, 4) is 0 Å². The van der Waals surface area contributed by atoms with Gasteiger partial charge in [-0.2, -0.15) is 4.98 Å². The Morgan fingerprint density at radius 2 is 1.95 bits per heavy atom. The average molecular weight is 287 g/mol. The number of nitrogens with zero attached hydrogens (tertiary/aromatic N) is 5. The van der Waals surface area contributed by atoms with Gasteiger partial charge in [0.15, 0.2) is 5.82 Å². The van der Waals surface area contributed by atoms with E-state index < -0.39 is 0 Å². The number of pyridine rings is 1. The highest BCUT2D eigenvalue weighted by molar-refractivity contribution is 5.08. The Morgan fingerprint density at radius 1 is 1.14 bits per heavy atom. The molecule has 0 unspecified atom stereocenters. The molecule has 0 bridgehead atoms. The number of rotatable bonds is 4. The molecule has 6 nitrogen and oxygen atoms in total. The number of hydrogen-bond donors (Lipinski definition) is 0. The van der Waals surface area contributed by atoms with Crippen LogP contribution in [0.25, 0.3) is 0 Å². The van der Waals surface area contributed by atoms with Crippen LogP contribution in [0.3, 0.4) is 0 Å². The minimum Gasteiger partial charge on any atom is -0.340 e. The van der Waals surface area contributed by atoms with Gasteiger partial charge in [-0.3, -0.25) is 14.8 Å². The van der Waals surface area contributed by atoms with Crippen LogP contribution in [0, 0.1) is 6.92 Å². The Bertz CT molecular complexity index is 556. The Morgan fingerprint density at radius 3 is 2.62 bits per heavy atom. The number of hydrogen-bond acceptors (Lipinski definition) is 6. The third kappa shape index (κ3) is 4.09. The molecule has 0 aromatic carbocycles. The summed E-state index contributed by atoms with van der Waals surface area (Å²) < 4.78 is 5.03. The van der Waals surface area contributed by atoms with Crippen molar-refractivity contribution in [2.75, 3.05) is 26.2 Å². The Labute approximate surface area is 124 Å². The van der Waals surface area contributed by atoms with Crippen LogP contribution in [0.15, 0.2) is 29.0 Å². The van der Waals surface area contributed by atoms with E-state index in [0.717, 1.165) is 51.5 Å². The molecule has 1 aliphatic heterocycles. The molecule has 0 spiro atoms. The van der Waals surface area contributed by atoms with E-state index in [1.54, 1.807) is 0 Å². The molecular weight excluding hydrogens is 266 g/mol. The van der Waals surface area contributed by atoms with Gasteiger partial charge < -0.3 is 4.52 Å². The van der Waals surface area contributed by atoms with E-state index in [-0.39, 0.29) is 0 Å². The van der Waals surface area contributed by atoms with Crippen LogP contribution >= 0.6 is 0 Å². The smallest absolute Gasteiger partial charge is 0.223 e. The SMILES string of the molecule is Cc1nc(CN2CCCN(Cc3cccnc3)CC2)no1. The maximum Gasteiger partial charge on any atom is 0.223 e. The molecular formula is C15H21N5O. The zero-order valence-electron chi connectivity index (χ0n) is 12.4. The summed E-state index contributed by atoms with van der Waals surface area (Å²) in [4.78, 5) is 13.3. The van der Waals surface area contributed by atoms with Gasteiger partial charge in [0.05, 0.1) is 6.54 Å². The van der Waals surface area contributed by atoms with Gasteiger partial charge in [-0.1, -0.05) is 11.2 Å². The lowest BCUT2D eigenvalue weighted by Gasteiger charge is -2.20. The van der Waals surface area contributed by atoms with Gasteiger partial charge in [-0.25, -0.2) is 0 Å². The molecule has 2 aromatic rings. The first-order valence-electron chi connectivity index (χ1n) is 7.42. The predicted molar refractivity (Wildman–Crippen MR) is 78.4 cm³/mol. The molecule has 3 heterocycles. The van der Waals surface area contributed by atoms with Crippen molar-refractivity contribution in [2.45, 2.75) is 26.4 Å². The summed E-state index contributed by atoms with van der Waals surface area (Å²) in [6, 6.07) is 4.13. The van der Waals surface area contributed by atoms with Crippen LogP contribution in [-0.2, 0) is 13.1 Å². The average Bonchev–Trinajstić information content (AvgIpc) is 2.77. The van der Waals surface area contributed by atoms with Gasteiger partial charge >= 0.3 is 0 Å². The highest BCUT2D eigenvalue weighted by Crippen LogP contribution is 2.10. The van der Waals surface area contributed by atoms with Crippen molar-refractivity contribution in [3.63, 3.8) is 0 Å². The summed E-state index contributed by atoms with van der Waals surface area (Å²) >= 11 is 0. The van der Waals surface area contributed by atoms with Gasteiger partial charge in [0.2, 0.25) is 5.89 Å². The highest BCUT2D eigenvalue weighted by atomic mass is 16.5. The van der Waals surface area contributed by atoms with Crippen molar-refractivity contribution in [1.29, 1.82) is 0 Å². The van der Waals surface area contributed by atoms with Crippen LogP contribution in [0.4, 0.5) is 0 Å². The lowest BCUT2D eigenvalue weighted by molar-refractivity contribution is 0.241. The zero-order chi connectivity index (χ0) is 14.5. The first-order valence-corrected chi connectivity index (χ1v) is 7.42. The first kappa shape index (κ1) is 14.2. The molecule has 0 amide bonds. The maximum atomic E-state index is 5.03. The number of aromatic nitrogens is 3. The maximum absolute atomic E-state index is 5.03. The van der Waals surface area contributed by atoms with Crippen molar-refractivity contribution >= 4 is 0 Å². The number of aryl methyl sites for hydroxylation is 1. The Kier molecular flexibility index (Phi) is 4.57. The molecule has 0 saturated carbocycles. The summed E-state index contributed by atoms with van der Waals surface area (Å²) in [5, 5.41) is 3.98. The molecule has 1 aliphatic rings. The minimum absolute atomic E-state index is 0.637. The lowest BCUT2D eigenvalue weighted by atomic mass is 10.2. The summed E-state index contributed by atoms with van der Waals surface area (Å²) in [7, 11) is 0. The van der Waals surface area contributed by atoms with Crippen molar-refractivity contribution in [1.82, 2.24) is 24.9 Å². The molecule has 0 aliphatic carbocycles. The van der Waals surface area contributed by atoms with Crippen LogP contribution in [0.5, 0.6) is 0 Å². The fourth-order valence-corrected chi connectivity index (χ4v) is 2.70. The van der Waals surface area contributed by atoms with E-state index in [9.17, 15) is 0 Å². The molecule has 112 valence electrons. The van der Waals surface area contributed by atoms with E-state index in [1.165, 1.54) is 5.56 Å². The molecule has 1 fully saturated rings. The highest BCUT2D eigenvalue weighted by Gasteiger charge is 2.16. The second-order valence-electron chi connectivity index (χ2n) is 5.50.